The van der Waals surface area contributed by atoms with E-state index in [1.54, 1.807) is 28.4 Å². The number of hydrogen-bond acceptors (Lipinski definition) is 6. The van der Waals surface area contributed by atoms with Gasteiger partial charge in [-0.15, -0.1) is 11.3 Å². The predicted molar refractivity (Wildman–Crippen MR) is 104 cm³/mol. The van der Waals surface area contributed by atoms with Gasteiger partial charge in [0.1, 0.15) is 5.60 Å². The number of benzene rings is 1. The Hall–Kier alpha value is -2.54. The van der Waals surface area contributed by atoms with Crippen molar-refractivity contribution in [2.45, 2.75) is 39.3 Å². The maximum absolute atomic E-state index is 12.3. The molecule has 3 rings (SSSR count). The van der Waals surface area contributed by atoms with Gasteiger partial charge < -0.3 is 19.5 Å². The zero-order valence-corrected chi connectivity index (χ0v) is 16.7. The molecule has 0 atom stereocenters. The molecule has 1 aliphatic heterocycles. The van der Waals surface area contributed by atoms with Crippen LogP contribution in [0.1, 0.15) is 41.6 Å². The van der Waals surface area contributed by atoms with Crippen molar-refractivity contribution in [2.75, 3.05) is 13.7 Å². The van der Waals surface area contributed by atoms with Crippen LogP contribution in [0.3, 0.4) is 0 Å². The summed E-state index contributed by atoms with van der Waals surface area (Å²) in [4.78, 5) is 27.4. The van der Waals surface area contributed by atoms with Crippen LogP contribution in [-0.4, -0.2) is 41.6 Å². The smallest absolute Gasteiger partial charge is 0.410 e. The van der Waals surface area contributed by atoms with E-state index < -0.39 is 5.60 Å². The lowest BCUT2D eigenvalue weighted by atomic mass is 10.1. The maximum Gasteiger partial charge on any atom is 0.410 e. The number of fused-ring (bicyclic) bond motifs is 1. The molecule has 7 heteroatoms. The summed E-state index contributed by atoms with van der Waals surface area (Å²) in [5.41, 5.74) is 1.54. The molecule has 1 amide bonds. The van der Waals surface area contributed by atoms with E-state index in [9.17, 15) is 14.7 Å². The van der Waals surface area contributed by atoms with Gasteiger partial charge in [-0.2, -0.15) is 0 Å². The molecule has 1 aromatic carbocycles. The quantitative estimate of drug-likeness (QED) is 0.795. The SMILES string of the molecule is COc1cc(-c2cc3c(s2)CCN(C(=O)OC(C)(C)C)C3)cc(C=O)c1O. The van der Waals surface area contributed by atoms with Crippen LogP contribution in [0.4, 0.5) is 4.79 Å². The first-order valence-corrected chi connectivity index (χ1v) is 9.49. The van der Waals surface area contributed by atoms with Gasteiger partial charge >= 0.3 is 6.09 Å². The topological polar surface area (TPSA) is 76.1 Å². The Bertz CT molecular complexity index is 881. The highest BCUT2D eigenvalue weighted by atomic mass is 32.1. The minimum Gasteiger partial charge on any atom is -0.504 e. The van der Waals surface area contributed by atoms with Crippen LogP contribution in [0.25, 0.3) is 10.4 Å². The largest absolute Gasteiger partial charge is 0.504 e. The molecule has 0 saturated heterocycles. The summed E-state index contributed by atoms with van der Waals surface area (Å²) in [7, 11) is 1.45. The number of phenols is 1. The number of phenolic OH excluding ortho intramolecular Hbond substituents is 1. The lowest BCUT2D eigenvalue weighted by Gasteiger charge is -2.29. The standard InChI is InChI=1S/C20H23NO5S/c1-20(2,3)26-19(24)21-6-5-16-13(10-21)9-17(27-16)12-7-14(11-22)18(23)15(8-12)25-4/h7-9,11,23H,5-6,10H2,1-4H3. The fraction of sp³-hybridized carbons (Fsp3) is 0.400. The Morgan fingerprint density at radius 2 is 2.04 bits per heavy atom. The number of carbonyl (C=O) groups is 2. The Balaban J connectivity index is 1.87. The second-order valence-electron chi connectivity index (χ2n) is 7.45. The lowest BCUT2D eigenvalue weighted by molar-refractivity contribution is 0.0225. The van der Waals surface area contributed by atoms with Gasteiger partial charge in [0.2, 0.25) is 0 Å². The molecule has 0 spiro atoms. The van der Waals surface area contributed by atoms with E-state index in [2.05, 4.69) is 0 Å². The fourth-order valence-electron chi connectivity index (χ4n) is 2.97. The van der Waals surface area contributed by atoms with Gasteiger partial charge in [-0.3, -0.25) is 4.79 Å². The van der Waals surface area contributed by atoms with E-state index in [1.165, 1.54) is 12.0 Å². The van der Waals surface area contributed by atoms with E-state index in [0.29, 0.717) is 19.4 Å². The molecule has 0 unspecified atom stereocenters. The van der Waals surface area contributed by atoms with Gasteiger partial charge in [-0.25, -0.2) is 4.79 Å². The number of nitrogens with zero attached hydrogens (tertiary/aromatic N) is 1. The average Bonchev–Trinajstić information content (AvgIpc) is 3.03. The van der Waals surface area contributed by atoms with Gasteiger partial charge in [-0.1, -0.05) is 0 Å². The molecule has 1 N–H and O–H groups in total. The Kier molecular flexibility index (Phi) is 5.15. The molecule has 0 radical (unpaired) electrons. The second kappa shape index (κ2) is 7.23. The third kappa shape index (κ3) is 4.08. The first-order chi connectivity index (χ1) is 12.7. The van der Waals surface area contributed by atoms with Gasteiger partial charge in [0, 0.05) is 16.3 Å². The Morgan fingerprint density at radius 1 is 1.30 bits per heavy atom. The third-order valence-electron chi connectivity index (χ3n) is 4.25. The summed E-state index contributed by atoms with van der Waals surface area (Å²) >= 11 is 1.63. The average molecular weight is 389 g/mol. The van der Waals surface area contributed by atoms with Crippen molar-refractivity contribution in [1.29, 1.82) is 0 Å². The van der Waals surface area contributed by atoms with Crippen molar-refractivity contribution < 1.29 is 24.2 Å². The summed E-state index contributed by atoms with van der Waals surface area (Å²) in [5, 5.41) is 10.0. The molecule has 0 aliphatic carbocycles. The number of aldehydes is 1. The van der Waals surface area contributed by atoms with Crippen molar-refractivity contribution >= 4 is 23.7 Å². The molecule has 144 valence electrons. The maximum atomic E-state index is 12.3. The molecule has 0 saturated carbocycles. The lowest BCUT2D eigenvalue weighted by Crippen LogP contribution is -2.39. The van der Waals surface area contributed by atoms with E-state index in [0.717, 1.165) is 22.4 Å². The van der Waals surface area contributed by atoms with Crippen molar-refractivity contribution in [1.82, 2.24) is 4.90 Å². The van der Waals surface area contributed by atoms with Crippen LogP contribution >= 0.6 is 11.3 Å². The highest BCUT2D eigenvalue weighted by Crippen LogP contribution is 2.39. The second-order valence-corrected chi connectivity index (χ2v) is 8.58. The molecule has 2 heterocycles. The summed E-state index contributed by atoms with van der Waals surface area (Å²) in [6, 6.07) is 5.38. The number of rotatable bonds is 3. The van der Waals surface area contributed by atoms with Crippen LogP contribution < -0.4 is 4.74 Å². The summed E-state index contributed by atoms with van der Waals surface area (Å²) < 4.78 is 10.6. The Morgan fingerprint density at radius 3 is 2.67 bits per heavy atom. The predicted octanol–water partition coefficient (Wildman–Crippen LogP) is 4.24. The van der Waals surface area contributed by atoms with Crippen LogP contribution in [0, 0.1) is 0 Å². The number of ether oxygens (including phenoxy) is 2. The van der Waals surface area contributed by atoms with Crippen LogP contribution in [-0.2, 0) is 17.7 Å². The normalized spacial score (nSPS) is 13.9. The third-order valence-corrected chi connectivity index (χ3v) is 5.54. The molecular formula is C20H23NO5S. The van der Waals surface area contributed by atoms with Crippen molar-refractivity contribution in [2.24, 2.45) is 0 Å². The fourth-order valence-corrected chi connectivity index (χ4v) is 4.13. The zero-order valence-electron chi connectivity index (χ0n) is 15.9. The molecule has 1 aromatic heterocycles. The van der Waals surface area contributed by atoms with Crippen molar-refractivity contribution in [3.63, 3.8) is 0 Å². The van der Waals surface area contributed by atoms with E-state index in [1.807, 2.05) is 26.8 Å². The van der Waals surface area contributed by atoms with Crippen molar-refractivity contribution in [3.8, 4) is 21.9 Å². The molecular weight excluding hydrogens is 366 g/mol. The first-order valence-electron chi connectivity index (χ1n) is 8.68. The molecule has 1 aliphatic rings. The van der Waals surface area contributed by atoms with Crippen LogP contribution in [0.15, 0.2) is 18.2 Å². The van der Waals surface area contributed by atoms with E-state index in [-0.39, 0.29) is 23.2 Å². The number of carbonyl (C=O) groups excluding carboxylic acids is 2. The van der Waals surface area contributed by atoms with E-state index in [4.69, 9.17) is 9.47 Å². The number of amides is 1. The minimum absolute atomic E-state index is 0.159. The Labute approximate surface area is 162 Å². The first kappa shape index (κ1) is 19.2. The molecule has 0 fully saturated rings. The molecule has 27 heavy (non-hydrogen) atoms. The van der Waals surface area contributed by atoms with Gasteiger partial charge in [0.05, 0.1) is 19.2 Å². The number of thiophene rings is 1. The van der Waals surface area contributed by atoms with Crippen LogP contribution in [0.5, 0.6) is 11.5 Å². The highest BCUT2D eigenvalue weighted by molar-refractivity contribution is 7.15. The number of hydrogen-bond donors (Lipinski definition) is 1. The van der Waals surface area contributed by atoms with Crippen molar-refractivity contribution in [3.05, 3.63) is 34.2 Å². The number of aromatic hydroxyl groups is 1. The monoisotopic (exact) mass is 389 g/mol. The molecule has 2 aromatic rings. The minimum atomic E-state index is -0.523. The zero-order chi connectivity index (χ0) is 19.8. The van der Waals surface area contributed by atoms with E-state index >= 15 is 0 Å². The van der Waals surface area contributed by atoms with Gasteiger partial charge in [0.15, 0.2) is 17.8 Å². The summed E-state index contributed by atoms with van der Waals surface area (Å²) in [6.07, 6.45) is 1.06. The van der Waals surface area contributed by atoms with Gasteiger partial charge in [-0.05, 0) is 56.5 Å². The molecule has 0 bridgehead atoms. The number of methoxy groups -OCH3 is 1. The van der Waals surface area contributed by atoms with Crippen LogP contribution in [0.2, 0.25) is 0 Å². The molecule has 6 nitrogen and oxygen atoms in total. The highest BCUT2D eigenvalue weighted by Gasteiger charge is 2.27. The summed E-state index contributed by atoms with van der Waals surface area (Å²) in [6.45, 7) is 6.67. The van der Waals surface area contributed by atoms with Gasteiger partial charge in [0.25, 0.3) is 0 Å². The summed E-state index contributed by atoms with van der Waals surface area (Å²) in [5.74, 6) is 0.102.